The Hall–Kier alpha value is -1.25. The summed E-state index contributed by atoms with van der Waals surface area (Å²) in [6.07, 6.45) is 4.10. The van der Waals surface area contributed by atoms with Gasteiger partial charge < -0.3 is 10.6 Å². The Labute approximate surface area is 92.3 Å². The molecular formula is C12H21N3. The van der Waals surface area contributed by atoms with Gasteiger partial charge in [-0.1, -0.05) is 13.3 Å². The van der Waals surface area contributed by atoms with Crippen LogP contribution in [0.5, 0.6) is 0 Å². The lowest BCUT2D eigenvalue weighted by Gasteiger charge is -2.27. The number of hydrogen-bond donors (Lipinski definition) is 1. The lowest BCUT2D eigenvalue weighted by atomic mass is 10.1. The van der Waals surface area contributed by atoms with Crippen molar-refractivity contribution in [3.05, 3.63) is 17.8 Å². The average Bonchev–Trinajstić information content (AvgIpc) is 2.17. The Kier molecular flexibility index (Phi) is 3.95. The number of anilines is 2. The van der Waals surface area contributed by atoms with Crippen LogP contribution in [0.15, 0.2) is 12.3 Å². The van der Waals surface area contributed by atoms with Crippen LogP contribution in [-0.4, -0.2) is 18.1 Å². The molecule has 0 saturated heterocycles. The summed E-state index contributed by atoms with van der Waals surface area (Å²) in [5.41, 5.74) is 7.55. The summed E-state index contributed by atoms with van der Waals surface area (Å²) < 4.78 is 0. The third-order valence-electron chi connectivity index (χ3n) is 2.77. The SMILES string of the molecule is CCCC(C)N(C)c1ncc(N)cc1C. The number of hydrogen-bond acceptors (Lipinski definition) is 3. The minimum atomic E-state index is 0.518. The second-order valence-electron chi connectivity index (χ2n) is 4.16. The zero-order chi connectivity index (χ0) is 11.4. The summed E-state index contributed by atoms with van der Waals surface area (Å²) in [7, 11) is 2.09. The molecule has 1 atom stereocenters. The van der Waals surface area contributed by atoms with E-state index in [0.29, 0.717) is 6.04 Å². The molecule has 0 fully saturated rings. The van der Waals surface area contributed by atoms with Crippen LogP contribution < -0.4 is 10.6 Å². The van der Waals surface area contributed by atoms with Gasteiger partial charge in [0.1, 0.15) is 5.82 Å². The summed E-state index contributed by atoms with van der Waals surface area (Å²) in [5.74, 6) is 1.03. The molecule has 0 bridgehead atoms. The van der Waals surface area contributed by atoms with Crippen molar-refractivity contribution in [1.82, 2.24) is 4.98 Å². The summed E-state index contributed by atoms with van der Waals surface area (Å²) in [6, 6.07) is 2.49. The Morgan fingerprint density at radius 1 is 1.53 bits per heavy atom. The molecule has 0 aliphatic carbocycles. The lowest BCUT2D eigenvalue weighted by Crippen LogP contribution is -2.30. The maximum atomic E-state index is 5.68. The van der Waals surface area contributed by atoms with E-state index in [1.165, 1.54) is 12.8 Å². The van der Waals surface area contributed by atoms with Crippen molar-refractivity contribution in [2.75, 3.05) is 17.7 Å². The molecule has 0 aromatic carbocycles. The fraction of sp³-hybridized carbons (Fsp3) is 0.583. The average molecular weight is 207 g/mol. The van der Waals surface area contributed by atoms with Crippen LogP contribution in [0.2, 0.25) is 0 Å². The fourth-order valence-corrected chi connectivity index (χ4v) is 1.78. The molecule has 1 rings (SSSR count). The van der Waals surface area contributed by atoms with Crippen LogP contribution in [0, 0.1) is 6.92 Å². The van der Waals surface area contributed by atoms with E-state index in [-0.39, 0.29) is 0 Å². The highest BCUT2D eigenvalue weighted by Crippen LogP contribution is 2.20. The predicted molar refractivity (Wildman–Crippen MR) is 66.2 cm³/mol. The number of nitrogens with two attached hydrogens (primary N) is 1. The van der Waals surface area contributed by atoms with Crippen LogP contribution >= 0.6 is 0 Å². The van der Waals surface area contributed by atoms with E-state index in [0.717, 1.165) is 17.1 Å². The number of nitrogen functional groups attached to an aromatic ring is 1. The molecule has 2 N–H and O–H groups in total. The quantitative estimate of drug-likeness (QED) is 0.825. The highest BCUT2D eigenvalue weighted by atomic mass is 15.2. The molecule has 0 aliphatic heterocycles. The Morgan fingerprint density at radius 2 is 2.20 bits per heavy atom. The van der Waals surface area contributed by atoms with E-state index in [4.69, 9.17) is 5.73 Å². The minimum Gasteiger partial charge on any atom is -0.397 e. The molecule has 3 heteroatoms. The molecule has 0 radical (unpaired) electrons. The summed E-state index contributed by atoms with van der Waals surface area (Å²) in [5, 5.41) is 0. The monoisotopic (exact) mass is 207 g/mol. The van der Waals surface area contributed by atoms with Crippen LogP contribution in [0.3, 0.4) is 0 Å². The second-order valence-corrected chi connectivity index (χ2v) is 4.16. The van der Waals surface area contributed by atoms with Gasteiger partial charge in [-0.25, -0.2) is 4.98 Å². The van der Waals surface area contributed by atoms with Gasteiger partial charge in [0.2, 0.25) is 0 Å². The molecule has 84 valence electrons. The first kappa shape index (κ1) is 11.8. The minimum absolute atomic E-state index is 0.518. The van der Waals surface area contributed by atoms with Gasteiger partial charge in [0, 0.05) is 13.1 Å². The van der Waals surface area contributed by atoms with Crippen LogP contribution in [-0.2, 0) is 0 Å². The van der Waals surface area contributed by atoms with E-state index in [1.807, 2.05) is 13.0 Å². The number of nitrogens with zero attached hydrogens (tertiary/aromatic N) is 2. The van der Waals surface area contributed by atoms with Crippen molar-refractivity contribution in [3.63, 3.8) is 0 Å². The number of aromatic nitrogens is 1. The molecule has 0 spiro atoms. The molecular weight excluding hydrogens is 186 g/mol. The Bertz CT molecular complexity index is 323. The molecule has 1 aromatic rings. The summed E-state index contributed by atoms with van der Waals surface area (Å²) in [4.78, 5) is 6.60. The van der Waals surface area contributed by atoms with E-state index < -0.39 is 0 Å². The molecule has 3 nitrogen and oxygen atoms in total. The molecule has 0 amide bonds. The van der Waals surface area contributed by atoms with Crippen molar-refractivity contribution in [3.8, 4) is 0 Å². The highest BCUT2D eigenvalue weighted by Gasteiger charge is 2.12. The van der Waals surface area contributed by atoms with Crippen LogP contribution in [0.25, 0.3) is 0 Å². The predicted octanol–water partition coefficient (Wildman–Crippen LogP) is 2.60. The molecule has 15 heavy (non-hydrogen) atoms. The van der Waals surface area contributed by atoms with Gasteiger partial charge in [-0.3, -0.25) is 0 Å². The number of rotatable bonds is 4. The van der Waals surface area contributed by atoms with Gasteiger partial charge >= 0.3 is 0 Å². The smallest absolute Gasteiger partial charge is 0.131 e. The van der Waals surface area contributed by atoms with Gasteiger partial charge in [0.15, 0.2) is 0 Å². The van der Waals surface area contributed by atoms with Gasteiger partial charge in [-0.2, -0.15) is 0 Å². The van der Waals surface area contributed by atoms with Crippen LogP contribution in [0.1, 0.15) is 32.3 Å². The maximum absolute atomic E-state index is 5.68. The zero-order valence-electron chi connectivity index (χ0n) is 10.1. The van der Waals surface area contributed by atoms with E-state index in [2.05, 4.69) is 30.8 Å². The molecule has 1 heterocycles. The molecule has 1 unspecified atom stereocenters. The third-order valence-corrected chi connectivity index (χ3v) is 2.77. The topological polar surface area (TPSA) is 42.2 Å². The van der Waals surface area contributed by atoms with Crippen molar-refractivity contribution < 1.29 is 0 Å². The van der Waals surface area contributed by atoms with Crippen molar-refractivity contribution in [2.45, 2.75) is 39.7 Å². The summed E-state index contributed by atoms with van der Waals surface area (Å²) in [6.45, 7) is 6.47. The highest BCUT2D eigenvalue weighted by molar-refractivity contribution is 5.52. The normalized spacial score (nSPS) is 12.5. The Morgan fingerprint density at radius 3 is 2.73 bits per heavy atom. The lowest BCUT2D eigenvalue weighted by molar-refractivity contribution is 0.610. The first-order valence-electron chi connectivity index (χ1n) is 5.51. The van der Waals surface area contributed by atoms with Gasteiger partial charge in [0.25, 0.3) is 0 Å². The van der Waals surface area contributed by atoms with Crippen molar-refractivity contribution >= 4 is 11.5 Å². The van der Waals surface area contributed by atoms with E-state index in [1.54, 1.807) is 6.20 Å². The summed E-state index contributed by atoms with van der Waals surface area (Å²) >= 11 is 0. The van der Waals surface area contributed by atoms with Crippen molar-refractivity contribution in [1.29, 1.82) is 0 Å². The standard InChI is InChI=1S/C12H21N3/c1-5-6-10(3)15(4)12-9(2)7-11(13)8-14-12/h7-8,10H,5-6,13H2,1-4H3. The Balaban J connectivity index is 2.86. The fourth-order valence-electron chi connectivity index (χ4n) is 1.78. The largest absolute Gasteiger partial charge is 0.397 e. The van der Waals surface area contributed by atoms with E-state index in [9.17, 15) is 0 Å². The molecule has 0 saturated carbocycles. The van der Waals surface area contributed by atoms with Gasteiger partial charge in [-0.05, 0) is 31.9 Å². The van der Waals surface area contributed by atoms with Gasteiger partial charge in [-0.15, -0.1) is 0 Å². The third kappa shape index (κ3) is 2.85. The van der Waals surface area contributed by atoms with Crippen LogP contribution in [0.4, 0.5) is 11.5 Å². The van der Waals surface area contributed by atoms with Crippen molar-refractivity contribution in [2.24, 2.45) is 0 Å². The molecule has 0 aliphatic rings. The first-order chi connectivity index (χ1) is 7.06. The zero-order valence-corrected chi connectivity index (χ0v) is 10.1. The van der Waals surface area contributed by atoms with E-state index >= 15 is 0 Å². The second kappa shape index (κ2) is 5.01. The maximum Gasteiger partial charge on any atom is 0.131 e. The number of pyridine rings is 1. The number of aryl methyl sites for hydroxylation is 1. The van der Waals surface area contributed by atoms with Gasteiger partial charge in [0.05, 0.1) is 11.9 Å². The first-order valence-corrected chi connectivity index (χ1v) is 5.51. The molecule has 1 aromatic heterocycles.